The second-order valence-corrected chi connectivity index (χ2v) is 9.45. The first-order valence-electron chi connectivity index (χ1n) is 11.3. The van der Waals surface area contributed by atoms with Gasteiger partial charge in [0.2, 0.25) is 0 Å². The van der Waals surface area contributed by atoms with E-state index in [1.165, 1.54) is 29.2 Å². The van der Waals surface area contributed by atoms with Gasteiger partial charge in [0.05, 0.1) is 18.7 Å². The Morgan fingerprint density at radius 3 is 2.61 bits per heavy atom. The summed E-state index contributed by atoms with van der Waals surface area (Å²) in [4.78, 5) is 31.1. The van der Waals surface area contributed by atoms with Gasteiger partial charge >= 0.3 is 0 Å². The molecule has 1 aliphatic rings. The van der Waals surface area contributed by atoms with Gasteiger partial charge in [-0.25, -0.2) is 4.39 Å². The molecule has 1 aliphatic heterocycles. The summed E-state index contributed by atoms with van der Waals surface area (Å²) in [6.07, 6.45) is 2.36. The van der Waals surface area contributed by atoms with Crippen LogP contribution in [-0.4, -0.2) is 40.3 Å². The van der Waals surface area contributed by atoms with Gasteiger partial charge in [0.25, 0.3) is 11.7 Å². The Morgan fingerprint density at radius 2 is 1.89 bits per heavy atom. The summed E-state index contributed by atoms with van der Waals surface area (Å²) >= 11 is 3.46. The molecule has 1 amide bonds. The minimum atomic E-state index is -0.799. The molecule has 0 spiro atoms. The molecular weight excluding hydrogens is 527 g/mol. The number of fused-ring (bicyclic) bond motifs is 1. The van der Waals surface area contributed by atoms with Crippen molar-refractivity contribution in [3.8, 4) is 5.75 Å². The zero-order chi connectivity index (χ0) is 25.4. The van der Waals surface area contributed by atoms with Crippen molar-refractivity contribution in [3.63, 3.8) is 0 Å². The molecule has 1 saturated heterocycles. The second kappa shape index (κ2) is 9.62. The molecule has 4 aromatic rings. The minimum Gasteiger partial charge on any atom is -0.507 e. The highest BCUT2D eigenvalue weighted by Gasteiger charge is 2.45. The number of benzene rings is 3. The van der Waals surface area contributed by atoms with Gasteiger partial charge in [-0.15, -0.1) is 0 Å². The quantitative estimate of drug-likeness (QED) is 0.183. The van der Waals surface area contributed by atoms with Crippen molar-refractivity contribution in [2.45, 2.75) is 12.5 Å². The number of likely N-dealkylation sites (tertiary alicyclic amines) is 1. The number of aromatic amines is 1. The summed E-state index contributed by atoms with van der Waals surface area (Å²) in [5.74, 6) is -1.55. The molecule has 0 unspecified atom stereocenters. The molecule has 8 heteroatoms. The van der Waals surface area contributed by atoms with Crippen molar-refractivity contribution in [1.82, 2.24) is 9.88 Å². The van der Waals surface area contributed by atoms with E-state index >= 15 is 0 Å². The number of Topliss-reactive ketones (excluding diaryl/α,β-unsaturated/α-hetero) is 1. The van der Waals surface area contributed by atoms with Crippen molar-refractivity contribution in [2.24, 2.45) is 0 Å². The predicted octanol–water partition coefficient (Wildman–Crippen LogP) is 5.74. The third-order valence-electron chi connectivity index (χ3n) is 6.42. The van der Waals surface area contributed by atoms with Crippen LogP contribution in [0.4, 0.5) is 4.39 Å². The molecule has 1 aromatic heterocycles. The van der Waals surface area contributed by atoms with Crippen LogP contribution >= 0.6 is 15.9 Å². The summed E-state index contributed by atoms with van der Waals surface area (Å²) in [7, 11) is 1.60. The van der Waals surface area contributed by atoms with Crippen LogP contribution in [0.3, 0.4) is 0 Å². The number of aromatic nitrogens is 1. The van der Waals surface area contributed by atoms with Gasteiger partial charge in [0.1, 0.15) is 17.3 Å². The first kappa shape index (κ1) is 23.8. The van der Waals surface area contributed by atoms with Gasteiger partial charge in [-0.2, -0.15) is 0 Å². The first-order chi connectivity index (χ1) is 17.4. The van der Waals surface area contributed by atoms with Gasteiger partial charge in [0, 0.05) is 33.7 Å². The highest BCUT2D eigenvalue weighted by Crippen LogP contribution is 2.40. The number of ketones is 1. The number of aliphatic hydroxyl groups excluding tert-OH is 1. The number of nitrogens with one attached hydrogen (secondary N) is 1. The maximum Gasteiger partial charge on any atom is 0.295 e. The molecular formula is C28H22BrFN2O4. The fourth-order valence-corrected chi connectivity index (χ4v) is 5.05. The maximum atomic E-state index is 13.5. The van der Waals surface area contributed by atoms with Crippen molar-refractivity contribution < 1.29 is 23.8 Å². The van der Waals surface area contributed by atoms with Gasteiger partial charge in [-0.1, -0.05) is 28.1 Å². The van der Waals surface area contributed by atoms with Crippen molar-refractivity contribution in [2.75, 3.05) is 13.7 Å². The van der Waals surface area contributed by atoms with E-state index in [1.807, 2.05) is 48.7 Å². The predicted molar refractivity (Wildman–Crippen MR) is 138 cm³/mol. The molecule has 1 fully saturated rings. The van der Waals surface area contributed by atoms with E-state index in [4.69, 9.17) is 4.74 Å². The third-order valence-corrected chi connectivity index (χ3v) is 6.91. The largest absolute Gasteiger partial charge is 0.507 e. The molecule has 5 rings (SSSR count). The first-order valence-corrected chi connectivity index (χ1v) is 12.1. The number of amides is 1. The number of carbonyl (C=O) groups is 2. The Balaban J connectivity index is 1.56. The summed E-state index contributed by atoms with van der Waals surface area (Å²) in [6, 6.07) is 17.4. The van der Waals surface area contributed by atoms with Crippen LogP contribution in [-0.2, 0) is 16.0 Å². The Morgan fingerprint density at radius 1 is 1.11 bits per heavy atom. The van der Waals surface area contributed by atoms with Crippen LogP contribution in [0.1, 0.15) is 22.7 Å². The Bertz CT molecular complexity index is 1510. The summed E-state index contributed by atoms with van der Waals surface area (Å²) < 4.78 is 19.6. The summed E-state index contributed by atoms with van der Waals surface area (Å²) in [5, 5.41) is 12.1. The van der Waals surface area contributed by atoms with Crippen molar-refractivity contribution in [1.29, 1.82) is 0 Å². The number of hydrogen-bond acceptors (Lipinski definition) is 4. The highest BCUT2D eigenvalue weighted by molar-refractivity contribution is 9.10. The average Bonchev–Trinajstić information content (AvgIpc) is 3.40. The van der Waals surface area contributed by atoms with Crippen LogP contribution in [0.5, 0.6) is 5.75 Å². The SMILES string of the molecule is COc1ccc2[nH]cc(CCN3C(=O)C(=O)C(=C(O)c4ccc(F)cc4)[C@@H]3c3cccc(Br)c3)c2c1. The molecule has 182 valence electrons. The number of halogens is 2. The maximum absolute atomic E-state index is 13.5. The smallest absolute Gasteiger partial charge is 0.295 e. The topological polar surface area (TPSA) is 82.6 Å². The molecule has 1 atom stereocenters. The highest BCUT2D eigenvalue weighted by atomic mass is 79.9. The fraction of sp³-hybridized carbons (Fsp3) is 0.143. The third kappa shape index (κ3) is 4.28. The zero-order valence-corrected chi connectivity index (χ0v) is 20.9. The molecule has 2 heterocycles. The van der Waals surface area contributed by atoms with Crippen molar-refractivity contribution in [3.05, 3.63) is 105 Å². The lowest BCUT2D eigenvalue weighted by atomic mass is 9.95. The Hall–Kier alpha value is -3.91. The van der Waals surface area contributed by atoms with E-state index < -0.39 is 23.5 Å². The standard InChI is InChI=1S/C28H22BrFN2O4/c1-36-21-9-10-23-22(14-21)18(15-31-23)11-12-32-25(17-3-2-4-19(29)13-17)24(27(34)28(32)35)26(33)16-5-7-20(30)8-6-16/h2-10,13-15,25,31,33H,11-12H2,1H3/t25-/m0/s1. The molecule has 0 aliphatic carbocycles. The normalized spacial score (nSPS) is 17.2. The lowest BCUT2D eigenvalue weighted by Crippen LogP contribution is -2.31. The monoisotopic (exact) mass is 548 g/mol. The second-order valence-electron chi connectivity index (χ2n) is 8.53. The van der Waals surface area contributed by atoms with Crippen LogP contribution < -0.4 is 4.74 Å². The number of aliphatic hydroxyl groups is 1. The fourth-order valence-electron chi connectivity index (χ4n) is 4.63. The number of nitrogens with zero attached hydrogens (tertiary/aromatic N) is 1. The van der Waals surface area contributed by atoms with E-state index in [0.717, 1.165) is 26.7 Å². The van der Waals surface area contributed by atoms with Gasteiger partial charge in [-0.05, 0) is 72.1 Å². The van der Waals surface area contributed by atoms with Crippen LogP contribution in [0.2, 0.25) is 0 Å². The molecule has 0 bridgehead atoms. The minimum absolute atomic E-state index is 0.0229. The average molecular weight is 549 g/mol. The number of methoxy groups -OCH3 is 1. The molecule has 3 aromatic carbocycles. The zero-order valence-electron chi connectivity index (χ0n) is 19.3. The van der Waals surface area contributed by atoms with Crippen molar-refractivity contribution >= 4 is 44.3 Å². The molecule has 36 heavy (non-hydrogen) atoms. The number of rotatable bonds is 6. The Kier molecular flexibility index (Phi) is 6.36. The van der Waals surface area contributed by atoms with E-state index in [9.17, 15) is 19.1 Å². The molecule has 6 nitrogen and oxygen atoms in total. The number of hydrogen-bond donors (Lipinski definition) is 2. The van der Waals surface area contributed by atoms with Gasteiger partial charge in [0.15, 0.2) is 0 Å². The van der Waals surface area contributed by atoms with E-state index in [0.29, 0.717) is 12.0 Å². The molecule has 0 radical (unpaired) electrons. The van der Waals surface area contributed by atoms with Gasteiger partial charge < -0.3 is 19.7 Å². The number of H-pyrrole nitrogens is 1. The molecule has 0 saturated carbocycles. The van der Waals surface area contributed by atoms with Crippen LogP contribution in [0.15, 0.2) is 83.0 Å². The lowest BCUT2D eigenvalue weighted by Gasteiger charge is -2.25. The van der Waals surface area contributed by atoms with E-state index in [2.05, 4.69) is 20.9 Å². The number of carbonyl (C=O) groups excluding carboxylic acids is 2. The summed E-state index contributed by atoms with van der Waals surface area (Å²) in [6.45, 7) is 0.242. The van der Waals surface area contributed by atoms with Crippen LogP contribution in [0, 0.1) is 5.82 Å². The molecule has 2 N–H and O–H groups in total. The van der Waals surface area contributed by atoms with E-state index in [-0.39, 0.29) is 23.4 Å². The lowest BCUT2D eigenvalue weighted by molar-refractivity contribution is -0.139. The number of ether oxygens (including phenoxy) is 1. The van der Waals surface area contributed by atoms with Gasteiger partial charge in [-0.3, -0.25) is 9.59 Å². The summed E-state index contributed by atoms with van der Waals surface area (Å²) in [5.41, 5.74) is 2.82. The Labute approximate surface area is 215 Å². The van der Waals surface area contributed by atoms with Crippen LogP contribution in [0.25, 0.3) is 16.7 Å². The van der Waals surface area contributed by atoms with E-state index in [1.54, 1.807) is 7.11 Å².